The minimum Gasteiger partial charge on any atom is -0.377 e. The number of aromatic nitrogens is 1. The number of carbonyl (C=O) groups is 1. The molecule has 3 rings (SSSR count). The Bertz CT molecular complexity index is 1050. The number of aliphatic imine (C=N–C) groups is 1. The molecule has 0 amide bonds. The maximum atomic E-state index is 12.8. The van der Waals surface area contributed by atoms with Crippen LogP contribution in [0.3, 0.4) is 0 Å². The number of Topliss-reactive ketones (excluding diaryl/α,β-unsaturated/α-hetero) is 1. The van der Waals surface area contributed by atoms with Gasteiger partial charge in [-0.1, -0.05) is 31.4 Å². The second-order valence-corrected chi connectivity index (χ2v) is 6.85. The normalized spacial score (nSPS) is 12.8. The Hall–Kier alpha value is -3.33. The Kier molecular flexibility index (Phi) is 6.50. The first-order valence-corrected chi connectivity index (χ1v) is 9.53. The zero-order chi connectivity index (χ0) is 20.8. The largest absolute Gasteiger partial charge is 0.377 e. The molecule has 0 spiro atoms. The lowest BCUT2D eigenvalue weighted by Gasteiger charge is -2.10. The number of hydrogen-bond donors (Lipinski definition) is 0. The van der Waals surface area contributed by atoms with Crippen molar-refractivity contribution in [2.75, 3.05) is 6.61 Å². The SMILES string of the molecule is C=C(Cc1ccc(COCC)c(C)c1)C(=O)c1ccc(C2=C=CC=NC2=C)nc1. The molecule has 0 saturated heterocycles. The van der Waals surface area contributed by atoms with Gasteiger partial charge in [-0.15, -0.1) is 5.73 Å². The number of allylic oxidation sites excluding steroid dienone is 2. The van der Waals surface area contributed by atoms with Crippen LogP contribution < -0.4 is 0 Å². The third-order valence-electron chi connectivity index (χ3n) is 4.71. The summed E-state index contributed by atoms with van der Waals surface area (Å²) in [6.45, 7) is 13.2. The summed E-state index contributed by atoms with van der Waals surface area (Å²) in [4.78, 5) is 21.3. The van der Waals surface area contributed by atoms with E-state index in [1.165, 1.54) is 0 Å². The summed E-state index contributed by atoms with van der Waals surface area (Å²) in [5.74, 6) is -0.106. The van der Waals surface area contributed by atoms with E-state index in [2.05, 4.69) is 47.9 Å². The quantitative estimate of drug-likeness (QED) is 0.364. The van der Waals surface area contributed by atoms with Gasteiger partial charge < -0.3 is 4.74 Å². The highest BCUT2D eigenvalue weighted by Crippen LogP contribution is 2.22. The molecule has 1 aliphatic rings. The van der Waals surface area contributed by atoms with Crippen molar-refractivity contribution >= 4 is 17.6 Å². The lowest BCUT2D eigenvalue weighted by molar-refractivity contribution is 0.103. The zero-order valence-electron chi connectivity index (χ0n) is 16.9. The number of rotatable bonds is 8. The fourth-order valence-electron chi connectivity index (χ4n) is 3.07. The van der Waals surface area contributed by atoms with Gasteiger partial charge in [0.1, 0.15) is 0 Å². The van der Waals surface area contributed by atoms with Gasteiger partial charge in [0.15, 0.2) is 5.78 Å². The Morgan fingerprint density at radius 1 is 1.24 bits per heavy atom. The van der Waals surface area contributed by atoms with Crippen LogP contribution in [0.4, 0.5) is 0 Å². The molecule has 0 aliphatic carbocycles. The summed E-state index contributed by atoms with van der Waals surface area (Å²) in [5.41, 5.74) is 9.50. The average Bonchev–Trinajstić information content (AvgIpc) is 2.73. The van der Waals surface area contributed by atoms with Crippen molar-refractivity contribution < 1.29 is 9.53 Å². The van der Waals surface area contributed by atoms with E-state index < -0.39 is 0 Å². The smallest absolute Gasteiger partial charge is 0.190 e. The number of ether oxygens (including phenoxy) is 1. The molecule has 0 atom stereocenters. The lowest BCUT2D eigenvalue weighted by atomic mass is 9.96. The van der Waals surface area contributed by atoms with Crippen LogP contribution in [0, 0.1) is 6.92 Å². The van der Waals surface area contributed by atoms with E-state index in [1.807, 2.05) is 13.0 Å². The molecule has 0 radical (unpaired) electrons. The molecule has 0 fully saturated rings. The molecule has 29 heavy (non-hydrogen) atoms. The van der Waals surface area contributed by atoms with Gasteiger partial charge in [-0.25, -0.2) is 0 Å². The van der Waals surface area contributed by atoms with Gasteiger partial charge in [0.05, 0.1) is 23.6 Å². The Labute approximate surface area is 171 Å². The van der Waals surface area contributed by atoms with Crippen LogP contribution in [0.15, 0.2) is 77.8 Å². The molecule has 0 N–H and O–H groups in total. The van der Waals surface area contributed by atoms with Gasteiger partial charge in [0.25, 0.3) is 0 Å². The second-order valence-electron chi connectivity index (χ2n) is 6.85. The van der Waals surface area contributed by atoms with Crippen LogP contribution >= 0.6 is 0 Å². The van der Waals surface area contributed by atoms with Crippen molar-refractivity contribution in [1.29, 1.82) is 0 Å². The van der Waals surface area contributed by atoms with Gasteiger partial charge in [-0.3, -0.25) is 14.8 Å². The monoisotopic (exact) mass is 384 g/mol. The Balaban J connectivity index is 1.69. The number of benzene rings is 1. The zero-order valence-corrected chi connectivity index (χ0v) is 16.9. The molecule has 2 heterocycles. The van der Waals surface area contributed by atoms with E-state index in [1.54, 1.807) is 30.6 Å². The van der Waals surface area contributed by atoms with Gasteiger partial charge in [-0.2, -0.15) is 0 Å². The van der Waals surface area contributed by atoms with Crippen LogP contribution in [0.1, 0.15) is 39.7 Å². The van der Waals surface area contributed by atoms with Crippen molar-refractivity contribution in [2.45, 2.75) is 26.9 Å². The second kappa shape index (κ2) is 9.24. The number of hydrogen-bond acceptors (Lipinski definition) is 4. The van der Waals surface area contributed by atoms with E-state index in [0.717, 1.165) is 22.3 Å². The molecule has 1 aliphatic heterocycles. The van der Waals surface area contributed by atoms with E-state index >= 15 is 0 Å². The van der Waals surface area contributed by atoms with Crippen LogP contribution in [0.2, 0.25) is 0 Å². The Morgan fingerprint density at radius 2 is 2.07 bits per heavy atom. The molecule has 1 aromatic carbocycles. The maximum absolute atomic E-state index is 12.8. The van der Waals surface area contributed by atoms with E-state index in [9.17, 15) is 4.79 Å². The summed E-state index contributed by atoms with van der Waals surface area (Å²) in [7, 11) is 0. The molecular weight excluding hydrogens is 360 g/mol. The predicted octanol–water partition coefficient (Wildman–Crippen LogP) is 5.04. The van der Waals surface area contributed by atoms with Crippen molar-refractivity contribution in [2.24, 2.45) is 4.99 Å². The molecule has 4 heteroatoms. The highest BCUT2D eigenvalue weighted by atomic mass is 16.5. The number of ketones is 1. The highest BCUT2D eigenvalue weighted by molar-refractivity contribution is 6.08. The number of aryl methyl sites for hydroxylation is 1. The minimum absolute atomic E-state index is 0.106. The molecule has 2 aromatic rings. The van der Waals surface area contributed by atoms with Gasteiger partial charge in [0.2, 0.25) is 0 Å². The van der Waals surface area contributed by atoms with Gasteiger partial charge in [0, 0.05) is 31.0 Å². The van der Waals surface area contributed by atoms with Crippen molar-refractivity contribution in [1.82, 2.24) is 4.98 Å². The third-order valence-corrected chi connectivity index (χ3v) is 4.71. The fourth-order valence-corrected chi connectivity index (χ4v) is 3.07. The van der Waals surface area contributed by atoms with Gasteiger partial charge >= 0.3 is 0 Å². The number of carbonyl (C=O) groups excluding carboxylic acids is 1. The van der Waals surface area contributed by atoms with Gasteiger partial charge in [-0.05, 0) is 54.3 Å². The van der Waals surface area contributed by atoms with Crippen LogP contribution in [-0.4, -0.2) is 23.6 Å². The summed E-state index contributed by atoms with van der Waals surface area (Å²) >= 11 is 0. The molecule has 0 saturated carbocycles. The molecule has 0 bridgehead atoms. The molecular formula is C25H24N2O2. The first-order chi connectivity index (χ1) is 14.0. The van der Waals surface area contributed by atoms with Crippen LogP contribution in [-0.2, 0) is 17.8 Å². The molecule has 146 valence electrons. The lowest BCUT2D eigenvalue weighted by Crippen LogP contribution is -2.07. The fraction of sp³-hybridized carbons (Fsp3) is 0.200. The number of pyridine rings is 1. The van der Waals surface area contributed by atoms with E-state index in [4.69, 9.17) is 4.74 Å². The van der Waals surface area contributed by atoms with Crippen LogP contribution in [0.25, 0.3) is 5.57 Å². The summed E-state index contributed by atoms with van der Waals surface area (Å²) in [6.07, 6.45) is 5.42. The maximum Gasteiger partial charge on any atom is 0.190 e. The minimum atomic E-state index is -0.106. The molecule has 0 unspecified atom stereocenters. The highest BCUT2D eigenvalue weighted by Gasteiger charge is 2.14. The summed E-state index contributed by atoms with van der Waals surface area (Å²) < 4.78 is 5.48. The predicted molar refractivity (Wildman–Crippen MR) is 117 cm³/mol. The standard InChI is InChI=1S/C25H24N2O2/c1-5-29-16-22-9-8-20(13-17(22)2)14-18(3)25(28)21-10-11-24(27-15-21)23-7-6-12-26-19(23)4/h6,8-13,15H,3-5,14,16H2,1-2H3. The van der Waals surface area contributed by atoms with E-state index in [0.29, 0.717) is 42.2 Å². The third kappa shape index (κ3) is 4.94. The van der Waals surface area contributed by atoms with Crippen molar-refractivity contribution in [3.05, 3.63) is 101 Å². The van der Waals surface area contributed by atoms with Crippen LogP contribution in [0.5, 0.6) is 0 Å². The Morgan fingerprint density at radius 3 is 2.72 bits per heavy atom. The number of nitrogens with zero attached hydrogens (tertiary/aromatic N) is 2. The van der Waals surface area contributed by atoms with E-state index in [-0.39, 0.29) is 5.78 Å². The first kappa shape index (κ1) is 20.4. The topological polar surface area (TPSA) is 51.5 Å². The van der Waals surface area contributed by atoms with Crippen molar-refractivity contribution in [3.8, 4) is 0 Å². The average molecular weight is 384 g/mol. The first-order valence-electron chi connectivity index (χ1n) is 9.53. The summed E-state index contributed by atoms with van der Waals surface area (Å²) in [6, 6.07) is 9.70. The molecule has 4 nitrogen and oxygen atoms in total. The summed E-state index contributed by atoms with van der Waals surface area (Å²) in [5, 5.41) is 0. The molecule has 1 aromatic heterocycles. The van der Waals surface area contributed by atoms with Crippen molar-refractivity contribution in [3.63, 3.8) is 0 Å².